The Balaban J connectivity index is 0.846. The van der Waals surface area contributed by atoms with E-state index in [2.05, 4.69) is 31.3 Å². The van der Waals surface area contributed by atoms with Gasteiger partial charge in [0, 0.05) is 75.2 Å². The van der Waals surface area contributed by atoms with Gasteiger partial charge in [-0.25, -0.2) is 4.98 Å². The topological polar surface area (TPSA) is 165 Å². The van der Waals surface area contributed by atoms with Gasteiger partial charge in [0.15, 0.2) is 11.5 Å². The number of carbonyl (C=O) groups excluding carboxylic acids is 4. The number of methoxy groups -OCH3 is 1. The minimum Gasteiger partial charge on any atom is -0.469 e. The van der Waals surface area contributed by atoms with Crippen molar-refractivity contribution < 1.29 is 23.9 Å². The summed E-state index contributed by atoms with van der Waals surface area (Å²) in [6.07, 6.45) is 10.2. The van der Waals surface area contributed by atoms with Crippen LogP contribution in [0.1, 0.15) is 120 Å². The lowest BCUT2D eigenvalue weighted by Crippen LogP contribution is -2.38. The number of anilines is 2. The van der Waals surface area contributed by atoms with Crippen LogP contribution in [0.5, 0.6) is 0 Å². The van der Waals surface area contributed by atoms with Crippen LogP contribution in [-0.4, -0.2) is 80.7 Å². The van der Waals surface area contributed by atoms with E-state index in [-0.39, 0.29) is 46.6 Å². The molecule has 4 N–H and O–H groups in total. The second-order valence-electron chi connectivity index (χ2n) is 18.1. The van der Waals surface area contributed by atoms with Gasteiger partial charge < -0.3 is 30.6 Å². The third-order valence-corrected chi connectivity index (χ3v) is 14.5. The number of hydrogen-bond acceptors (Lipinski definition) is 9. The highest BCUT2D eigenvalue weighted by atomic mass is 16.5. The number of nitrogens with one attached hydrogen (secondary N) is 4. The van der Waals surface area contributed by atoms with Gasteiger partial charge in [0.25, 0.3) is 11.8 Å². The molecule has 2 aliphatic carbocycles. The van der Waals surface area contributed by atoms with Gasteiger partial charge in [-0.05, 0) is 124 Å². The second kappa shape index (κ2) is 15.9. The predicted molar refractivity (Wildman–Crippen MR) is 227 cm³/mol. The quantitative estimate of drug-likeness (QED) is 0.126. The SMILES string of the molecule is COC(=O)C12CCC(CCN3CCc4c(nc(C(=O)Nc5cccc(-c6cccc(NC(=O)c7cc8n(n7)CCCC8NC[C@@H]7CCC(=O)N7)c6C)c5C)n4C)C3)(CC1)C2. The van der Waals surface area contributed by atoms with E-state index in [0.29, 0.717) is 42.4 Å². The fourth-order valence-electron chi connectivity index (χ4n) is 10.9. The van der Waals surface area contributed by atoms with Crippen molar-refractivity contribution in [2.75, 3.05) is 37.4 Å². The van der Waals surface area contributed by atoms with E-state index in [1.807, 2.05) is 72.6 Å². The Bertz CT molecular complexity index is 2350. The third kappa shape index (κ3) is 7.42. The Labute approximate surface area is 351 Å². The standard InChI is InChI=1S/C46H57N9O5/c1-28-31(8-5-10-33(28)50-42(57)36-24-39-35(12-7-21-55(39)52-36)47-25-30-13-14-40(56)48-30)32-9-6-11-34(29(32)2)51-43(58)41-49-37-26-54(22-15-38(37)53(41)3)23-20-45-16-18-46(27-45,19-17-45)44(59)60-4/h5-6,8-11,24,30,35,47H,7,12-23,25-27H2,1-4H3,(H,48,56)(H,50,57)(H,51,58)/t30-,35?,45?,46?/m0/s1. The first-order valence-corrected chi connectivity index (χ1v) is 21.7. The normalized spacial score (nSPS) is 24.5. The summed E-state index contributed by atoms with van der Waals surface area (Å²) in [5.41, 5.74) is 8.48. The van der Waals surface area contributed by atoms with Gasteiger partial charge in [0.2, 0.25) is 5.91 Å². The summed E-state index contributed by atoms with van der Waals surface area (Å²) in [7, 11) is 3.44. The summed E-state index contributed by atoms with van der Waals surface area (Å²) >= 11 is 0. The summed E-state index contributed by atoms with van der Waals surface area (Å²) < 4.78 is 9.05. The fraction of sp³-hybridized carbons (Fsp3) is 0.522. The molecule has 0 radical (unpaired) electrons. The van der Waals surface area contributed by atoms with E-state index in [4.69, 9.17) is 9.72 Å². The summed E-state index contributed by atoms with van der Waals surface area (Å²) in [4.78, 5) is 59.1. The Kier molecular flexibility index (Phi) is 10.6. The van der Waals surface area contributed by atoms with Crippen LogP contribution in [0.15, 0.2) is 42.5 Å². The van der Waals surface area contributed by atoms with Gasteiger partial charge >= 0.3 is 5.97 Å². The zero-order chi connectivity index (χ0) is 41.8. The highest BCUT2D eigenvalue weighted by molar-refractivity contribution is 6.05. The number of benzene rings is 2. The van der Waals surface area contributed by atoms with Crippen LogP contribution in [0.4, 0.5) is 11.4 Å². The molecule has 5 aliphatic rings. The Morgan fingerprint density at radius 2 is 1.65 bits per heavy atom. The number of hydrogen-bond donors (Lipinski definition) is 4. The minimum atomic E-state index is -0.272. The molecule has 316 valence electrons. The van der Waals surface area contributed by atoms with E-state index in [0.717, 1.165) is 123 Å². The van der Waals surface area contributed by atoms with Crippen molar-refractivity contribution in [3.8, 4) is 11.1 Å². The average Bonchev–Trinajstić information content (AvgIpc) is 4.09. The van der Waals surface area contributed by atoms with Crippen molar-refractivity contribution in [1.29, 1.82) is 0 Å². The molecular formula is C46H57N9O5. The van der Waals surface area contributed by atoms with Crippen LogP contribution >= 0.6 is 0 Å². The molecule has 14 nitrogen and oxygen atoms in total. The van der Waals surface area contributed by atoms with E-state index >= 15 is 0 Å². The van der Waals surface area contributed by atoms with Crippen LogP contribution in [0, 0.1) is 24.7 Å². The maximum Gasteiger partial charge on any atom is 0.311 e. The molecule has 2 atom stereocenters. The van der Waals surface area contributed by atoms with Gasteiger partial charge in [-0.1, -0.05) is 24.3 Å². The van der Waals surface area contributed by atoms with Crippen molar-refractivity contribution in [1.82, 2.24) is 34.9 Å². The number of imidazole rings is 1. The van der Waals surface area contributed by atoms with Crippen LogP contribution in [0.2, 0.25) is 0 Å². The Morgan fingerprint density at radius 1 is 0.933 bits per heavy atom. The molecule has 5 heterocycles. The number of nitrogens with zero attached hydrogens (tertiary/aromatic N) is 5. The number of ether oxygens (including phenoxy) is 1. The number of aromatic nitrogens is 4. The van der Waals surface area contributed by atoms with Gasteiger partial charge in [-0.15, -0.1) is 0 Å². The molecule has 9 rings (SSSR count). The number of rotatable bonds is 12. The van der Waals surface area contributed by atoms with Crippen molar-refractivity contribution in [3.63, 3.8) is 0 Å². The summed E-state index contributed by atoms with van der Waals surface area (Å²) in [6, 6.07) is 13.8. The van der Waals surface area contributed by atoms with Gasteiger partial charge in [0.1, 0.15) is 0 Å². The van der Waals surface area contributed by atoms with E-state index in [9.17, 15) is 19.2 Å². The van der Waals surface area contributed by atoms with E-state index < -0.39 is 0 Å². The fourth-order valence-corrected chi connectivity index (χ4v) is 10.9. The number of carbonyl (C=O) groups is 4. The molecular weight excluding hydrogens is 759 g/mol. The molecule has 0 spiro atoms. The highest BCUT2D eigenvalue weighted by Gasteiger charge is 2.58. The summed E-state index contributed by atoms with van der Waals surface area (Å²) in [5.74, 6) is -0.0578. The zero-order valence-corrected chi connectivity index (χ0v) is 35.3. The monoisotopic (exact) mass is 815 g/mol. The number of aryl methyl sites for hydroxylation is 1. The maximum absolute atomic E-state index is 13.9. The lowest BCUT2D eigenvalue weighted by molar-refractivity contribution is -0.152. The van der Waals surface area contributed by atoms with Gasteiger partial charge in [-0.2, -0.15) is 5.10 Å². The molecule has 1 saturated heterocycles. The van der Waals surface area contributed by atoms with Gasteiger partial charge in [0.05, 0.1) is 23.9 Å². The first-order chi connectivity index (χ1) is 28.9. The van der Waals surface area contributed by atoms with Crippen LogP contribution in [0.3, 0.4) is 0 Å². The molecule has 3 fully saturated rings. The predicted octanol–water partition coefficient (Wildman–Crippen LogP) is 5.98. The first kappa shape index (κ1) is 40.1. The Morgan fingerprint density at radius 3 is 2.33 bits per heavy atom. The smallest absolute Gasteiger partial charge is 0.311 e. The van der Waals surface area contributed by atoms with Crippen molar-refractivity contribution >= 4 is 35.1 Å². The lowest BCUT2D eigenvalue weighted by atomic mass is 9.80. The Hall–Kier alpha value is -5.34. The van der Waals surface area contributed by atoms with Crippen molar-refractivity contribution in [3.05, 3.63) is 82.2 Å². The van der Waals surface area contributed by atoms with Crippen molar-refractivity contribution in [2.45, 2.75) is 110 Å². The number of amides is 3. The van der Waals surface area contributed by atoms with Crippen LogP contribution < -0.4 is 21.3 Å². The molecule has 1 unspecified atom stereocenters. The third-order valence-electron chi connectivity index (χ3n) is 14.5. The zero-order valence-electron chi connectivity index (χ0n) is 35.3. The summed E-state index contributed by atoms with van der Waals surface area (Å²) in [5, 5.41) is 17.6. The summed E-state index contributed by atoms with van der Waals surface area (Å²) in [6.45, 7) is 8.02. The molecule has 2 saturated carbocycles. The van der Waals surface area contributed by atoms with Crippen LogP contribution in [0.25, 0.3) is 11.1 Å². The number of esters is 1. The molecule has 14 heteroatoms. The largest absolute Gasteiger partial charge is 0.469 e. The number of fused-ring (bicyclic) bond motifs is 4. The van der Waals surface area contributed by atoms with Crippen LogP contribution in [-0.2, 0) is 40.9 Å². The molecule has 2 aromatic heterocycles. The maximum atomic E-state index is 13.9. The first-order valence-electron chi connectivity index (χ1n) is 21.7. The second-order valence-corrected chi connectivity index (χ2v) is 18.1. The lowest BCUT2D eigenvalue weighted by Gasteiger charge is -2.32. The van der Waals surface area contributed by atoms with Crippen molar-refractivity contribution in [2.24, 2.45) is 17.9 Å². The average molecular weight is 816 g/mol. The molecule has 3 aliphatic heterocycles. The molecule has 2 aromatic carbocycles. The minimum absolute atomic E-state index is 0.0298. The van der Waals surface area contributed by atoms with E-state index in [1.54, 1.807) is 0 Å². The van der Waals surface area contributed by atoms with E-state index in [1.165, 1.54) is 7.11 Å². The molecule has 60 heavy (non-hydrogen) atoms. The molecule has 4 aromatic rings. The molecule has 3 amide bonds. The van der Waals surface area contributed by atoms with Gasteiger partial charge in [-0.3, -0.25) is 28.8 Å². The highest BCUT2D eigenvalue weighted by Crippen LogP contribution is 2.63. The molecule has 2 bridgehead atoms.